The second-order valence-corrected chi connectivity index (χ2v) is 6.02. The van der Waals surface area contributed by atoms with Crippen LogP contribution in [-0.4, -0.2) is 24.0 Å². The highest BCUT2D eigenvalue weighted by molar-refractivity contribution is 5.79. The lowest BCUT2D eigenvalue weighted by Gasteiger charge is -2.23. The van der Waals surface area contributed by atoms with Gasteiger partial charge in [-0.1, -0.05) is 24.3 Å². The molecule has 1 aliphatic rings. The molecule has 4 heteroatoms. The molecule has 1 amide bonds. The van der Waals surface area contributed by atoms with E-state index in [4.69, 9.17) is 10.5 Å². The number of anilines is 1. The third-order valence-electron chi connectivity index (χ3n) is 4.16. The van der Waals surface area contributed by atoms with Gasteiger partial charge in [-0.15, -0.1) is 0 Å². The first-order chi connectivity index (χ1) is 11.2. The van der Waals surface area contributed by atoms with E-state index < -0.39 is 0 Å². The van der Waals surface area contributed by atoms with Gasteiger partial charge in [-0.25, -0.2) is 0 Å². The third kappa shape index (κ3) is 4.03. The fraction of sp³-hybridized carbons (Fsp3) is 0.316. The van der Waals surface area contributed by atoms with Gasteiger partial charge in [0.15, 0.2) is 0 Å². The maximum atomic E-state index is 12.7. The van der Waals surface area contributed by atoms with Gasteiger partial charge in [-0.05, 0) is 48.2 Å². The molecule has 0 bridgehead atoms. The van der Waals surface area contributed by atoms with E-state index >= 15 is 0 Å². The molecule has 0 saturated heterocycles. The van der Waals surface area contributed by atoms with Crippen LogP contribution in [0.2, 0.25) is 0 Å². The molecule has 3 rings (SSSR count). The van der Waals surface area contributed by atoms with Gasteiger partial charge < -0.3 is 15.4 Å². The first-order valence-corrected chi connectivity index (χ1v) is 7.92. The van der Waals surface area contributed by atoms with Gasteiger partial charge in [-0.2, -0.15) is 0 Å². The molecule has 0 spiro atoms. The topological polar surface area (TPSA) is 55.6 Å². The smallest absolute Gasteiger partial charge is 0.227 e. The van der Waals surface area contributed by atoms with Gasteiger partial charge in [0, 0.05) is 18.3 Å². The van der Waals surface area contributed by atoms with Crippen molar-refractivity contribution in [2.24, 2.45) is 0 Å². The van der Waals surface area contributed by atoms with Crippen molar-refractivity contribution in [3.8, 4) is 5.75 Å². The maximum absolute atomic E-state index is 12.7. The van der Waals surface area contributed by atoms with Crippen molar-refractivity contribution in [1.29, 1.82) is 0 Å². The Bertz CT molecular complexity index is 661. The molecule has 4 nitrogen and oxygen atoms in total. The number of ether oxygens (including phenoxy) is 1. The maximum Gasteiger partial charge on any atom is 0.227 e. The Morgan fingerprint density at radius 3 is 2.26 bits per heavy atom. The first-order valence-electron chi connectivity index (χ1n) is 7.92. The lowest BCUT2D eigenvalue weighted by atomic mass is 10.1. The molecule has 1 aliphatic carbocycles. The number of carbonyl (C=O) groups excluding carboxylic acids is 1. The van der Waals surface area contributed by atoms with Crippen molar-refractivity contribution in [2.75, 3.05) is 12.8 Å². The molecule has 0 heterocycles. The van der Waals surface area contributed by atoms with E-state index in [1.807, 2.05) is 53.4 Å². The molecule has 0 radical (unpaired) electrons. The van der Waals surface area contributed by atoms with E-state index in [-0.39, 0.29) is 5.91 Å². The van der Waals surface area contributed by atoms with Gasteiger partial charge in [0.2, 0.25) is 5.91 Å². The zero-order chi connectivity index (χ0) is 16.2. The van der Waals surface area contributed by atoms with Crippen LogP contribution in [-0.2, 0) is 17.8 Å². The monoisotopic (exact) mass is 310 g/mol. The Balaban J connectivity index is 1.67. The van der Waals surface area contributed by atoms with Crippen LogP contribution >= 0.6 is 0 Å². The summed E-state index contributed by atoms with van der Waals surface area (Å²) in [5.41, 5.74) is 8.55. The van der Waals surface area contributed by atoms with Crippen molar-refractivity contribution in [3.63, 3.8) is 0 Å². The molecule has 0 aliphatic heterocycles. The zero-order valence-electron chi connectivity index (χ0n) is 13.4. The molecule has 120 valence electrons. The summed E-state index contributed by atoms with van der Waals surface area (Å²) in [6.45, 7) is 0.655. The number of nitrogen functional groups attached to an aromatic ring is 1. The van der Waals surface area contributed by atoms with Crippen molar-refractivity contribution in [2.45, 2.75) is 31.8 Å². The third-order valence-corrected chi connectivity index (χ3v) is 4.16. The highest BCUT2D eigenvalue weighted by atomic mass is 16.5. The van der Waals surface area contributed by atoms with E-state index in [1.165, 1.54) is 0 Å². The van der Waals surface area contributed by atoms with E-state index in [9.17, 15) is 4.79 Å². The standard InChI is InChI=1S/C19H22N2O2/c1-23-18-10-4-15(5-11-18)13-21(17-8-9-17)19(22)12-14-2-6-16(20)7-3-14/h2-7,10-11,17H,8-9,12-13,20H2,1H3. The molecule has 0 aromatic heterocycles. The number of amides is 1. The fourth-order valence-corrected chi connectivity index (χ4v) is 2.65. The number of nitrogens with two attached hydrogens (primary N) is 1. The number of hydrogen-bond donors (Lipinski definition) is 1. The molecule has 0 atom stereocenters. The van der Waals surface area contributed by atoms with Gasteiger partial charge in [0.1, 0.15) is 5.75 Å². The summed E-state index contributed by atoms with van der Waals surface area (Å²) >= 11 is 0. The number of hydrogen-bond acceptors (Lipinski definition) is 3. The highest BCUT2D eigenvalue weighted by Gasteiger charge is 2.32. The van der Waals surface area contributed by atoms with Gasteiger partial charge in [-0.3, -0.25) is 4.79 Å². The molecular formula is C19H22N2O2. The summed E-state index contributed by atoms with van der Waals surface area (Å²) in [6.07, 6.45) is 2.63. The van der Waals surface area contributed by atoms with Crippen LogP contribution < -0.4 is 10.5 Å². The second kappa shape index (κ2) is 6.73. The lowest BCUT2D eigenvalue weighted by Crippen LogP contribution is -2.33. The van der Waals surface area contributed by atoms with Crippen molar-refractivity contribution >= 4 is 11.6 Å². The Morgan fingerprint density at radius 1 is 1.09 bits per heavy atom. The number of nitrogens with zero attached hydrogens (tertiary/aromatic N) is 1. The lowest BCUT2D eigenvalue weighted by molar-refractivity contribution is -0.131. The Kier molecular flexibility index (Phi) is 4.51. The number of benzene rings is 2. The largest absolute Gasteiger partial charge is 0.497 e. The Morgan fingerprint density at radius 2 is 1.70 bits per heavy atom. The zero-order valence-corrected chi connectivity index (χ0v) is 13.4. The van der Waals surface area contributed by atoms with Gasteiger partial charge in [0.25, 0.3) is 0 Å². The molecule has 23 heavy (non-hydrogen) atoms. The fourth-order valence-electron chi connectivity index (χ4n) is 2.65. The average molecular weight is 310 g/mol. The molecular weight excluding hydrogens is 288 g/mol. The molecule has 0 unspecified atom stereocenters. The van der Waals surface area contributed by atoms with Crippen molar-refractivity contribution in [3.05, 3.63) is 59.7 Å². The molecule has 1 saturated carbocycles. The highest BCUT2D eigenvalue weighted by Crippen LogP contribution is 2.29. The minimum Gasteiger partial charge on any atom is -0.497 e. The quantitative estimate of drug-likeness (QED) is 0.835. The summed E-state index contributed by atoms with van der Waals surface area (Å²) in [5.74, 6) is 1.01. The molecule has 2 aromatic carbocycles. The predicted molar refractivity (Wildman–Crippen MR) is 91.1 cm³/mol. The van der Waals surface area contributed by atoms with E-state index in [0.717, 1.165) is 35.4 Å². The first kappa shape index (κ1) is 15.4. The minimum absolute atomic E-state index is 0.174. The van der Waals surface area contributed by atoms with Crippen LogP contribution in [0.1, 0.15) is 24.0 Å². The van der Waals surface area contributed by atoms with E-state index in [2.05, 4.69) is 0 Å². The number of rotatable bonds is 6. The minimum atomic E-state index is 0.174. The van der Waals surface area contributed by atoms with Gasteiger partial charge in [0.05, 0.1) is 13.5 Å². The summed E-state index contributed by atoms with van der Waals surface area (Å²) in [4.78, 5) is 14.7. The summed E-state index contributed by atoms with van der Waals surface area (Å²) in [5, 5.41) is 0. The van der Waals surface area contributed by atoms with Crippen LogP contribution in [0.5, 0.6) is 5.75 Å². The van der Waals surface area contributed by atoms with Crippen LogP contribution in [0, 0.1) is 0 Å². The van der Waals surface area contributed by atoms with Crippen LogP contribution in [0.15, 0.2) is 48.5 Å². The Hall–Kier alpha value is -2.49. The molecule has 2 aromatic rings. The average Bonchev–Trinajstić information content (AvgIpc) is 3.40. The predicted octanol–water partition coefficient (Wildman–Crippen LogP) is 3.01. The van der Waals surface area contributed by atoms with Gasteiger partial charge >= 0.3 is 0 Å². The summed E-state index contributed by atoms with van der Waals surface area (Å²) in [7, 11) is 1.65. The SMILES string of the molecule is COc1ccc(CN(C(=O)Cc2ccc(N)cc2)C2CC2)cc1. The second-order valence-electron chi connectivity index (χ2n) is 6.02. The molecule has 2 N–H and O–H groups in total. The molecule has 1 fully saturated rings. The summed E-state index contributed by atoms with van der Waals surface area (Å²) < 4.78 is 5.18. The Labute approximate surface area is 136 Å². The normalized spacial score (nSPS) is 13.6. The van der Waals surface area contributed by atoms with Crippen molar-refractivity contribution in [1.82, 2.24) is 4.90 Å². The van der Waals surface area contributed by atoms with Crippen LogP contribution in [0.3, 0.4) is 0 Å². The summed E-state index contributed by atoms with van der Waals surface area (Å²) in [6, 6.07) is 15.8. The van der Waals surface area contributed by atoms with E-state index in [0.29, 0.717) is 19.0 Å². The van der Waals surface area contributed by atoms with E-state index in [1.54, 1.807) is 7.11 Å². The number of carbonyl (C=O) groups is 1. The van der Waals surface area contributed by atoms with Crippen LogP contribution in [0.4, 0.5) is 5.69 Å². The van der Waals surface area contributed by atoms with Crippen LogP contribution in [0.25, 0.3) is 0 Å². The van der Waals surface area contributed by atoms with Crippen molar-refractivity contribution < 1.29 is 9.53 Å². The number of methoxy groups -OCH3 is 1.